The van der Waals surface area contributed by atoms with Gasteiger partial charge in [0.15, 0.2) is 5.82 Å². The highest BCUT2D eigenvalue weighted by atomic mass is 32.1. The smallest absolute Gasteiger partial charge is 0.432 e. The minimum absolute atomic E-state index is 0.0863. The van der Waals surface area contributed by atoms with Crippen LogP contribution in [0.2, 0.25) is 0 Å². The van der Waals surface area contributed by atoms with Gasteiger partial charge in [0.2, 0.25) is 5.95 Å². The highest BCUT2D eigenvalue weighted by Gasteiger charge is 2.46. The Labute approximate surface area is 241 Å². The number of nitrogens with one attached hydrogen (secondary N) is 1. The molecule has 0 spiro atoms. The molecule has 4 aromatic heterocycles. The second-order valence-corrected chi connectivity index (χ2v) is 10.6. The lowest BCUT2D eigenvalue weighted by Gasteiger charge is -2.29. The number of thiazole rings is 1. The molecule has 43 heavy (non-hydrogen) atoms. The number of aromatic nitrogens is 6. The first-order valence-corrected chi connectivity index (χ1v) is 13.3. The number of H-pyrrole nitrogens is 1. The van der Waals surface area contributed by atoms with Gasteiger partial charge in [-0.2, -0.15) is 30.7 Å². The predicted molar refractivity (Wildman–Crippen MR) is 143 cm³/mol. The first-order chi connectivity index (χ1) is 20.3. The lowest BCUT2D eigenvalue weighted by molar-refractivity contribution is -0.176. The molecule has 1 aromatic carbocycles. The monoisotopic (exact) mass is 621 g/mol. The van der Waals surface area contributed by atoms with E-state index in [0.29, 0.717) is 34.3 Å². The predicted octanol–water partition coefficient (Wildman–Crippen LogP) is 7.76. The van der Waals surface area contributed by atoms with Crippen LogP contribution < -0.4 is 4.74 Å². The second-order valence-electron chi connectivity index (χ2n) is 9.60. The van der Waals surface area contributed by atoms with E-state index in [1.165, 1.54) is 30.5 Å². The van der Waals surface area contributed by atoms with Gasteiger partial charge in [-0.3, -0.25) is 4.98 Å². The van der Waals surface area contributed by atoms with Crippen molar-refractivity contribution in [3.63, 3.8) is 0 Å². The summed E-state index contributed by atoms with van der Waals surface area (Å²) in [6.07, 6.45) is -3.57. The molecule has 1 N–H and O–H groups in total. The molecule has 2 atom stereocenters. The number of nitrogens with zero attached hydrogens (tertiary/aromatic N) is 6. The van der Waals surface area contributed by atoms with Crippen LogP contribution in [0.15, 0.2) is 66.1 Å². The minimum atomic E-state index is -4.58. The fraction of sp³-hybridized carbons (Fsp3) is 0.222. The normalized spacial score (nSPS) is 18.6. The number of imidazole rings is 2. The Balaban J connectivity index is 1.25. The summed E-state index contributed by atoms with van der Waals surface area (Å²) in [5, 5.41) is -0.798. The van der Waals surface area contributed by atoms with Gasteiger partial charge in [0.05, 0.1) is 23.1 Å². The molecule has 4 heterocycles. The van der Waals surface area contributed by atoms with Gasteiger partial charge in [-0.25, -0.2) is 19.9 Å². The first-order valence-electron chi connectivity index (χ1n) is 12.5. The molecular formula is C27H18F7N7OS. The van der Waals surface area contributed by atoms with Crippen LogP contribution in [0, 0.1) is 11.2 Å². The SMILES string of the molecule is Cn1c(N=C2C=CC(c3cnc(F)s3)C(C(F)(F)F)C2)nc2cc(Oc3ccnc(-c4ncc(C(F)(F)F)[nH]4)c3)ccc21. The van der Waals surface area contributed by atoms with Crippen LogP contribution in [0.1, 0.15) is 22.9 Å². The Hall–Kier alpha value is -4.60. The van der Waals surface area contributed by atoms with Gasteiger partial charge < -0.3 is 14.3 Å². The molecule has 0 saturated heterocycles. The third-order valence-corrected chi connectivity index (χ3v) is 7.65. The number of benzene rings is 1. The van der Waals surface area contributed by atoms with E-state index in [1.54, 1.807) is 29.8 Å². The number of hydrogen-bond acceptors (Lipinski definition) is 7. The molecule has 16 heteroatoms. The van der Waals surface area contributed by atoms with Crippen molar-refractivity contribution in [2.45, 2.75) is 24.7 Å². The van der Waals surface area contributed by atoms with E-state index in [4.69, 9.17) is 4.74 Å². The van der Waals surface area contributed by atoms with Gasteiger partial charge in [0, 0.05) is 54.5 Å². The summed E-state index contributed by atoms with van der Waals surface area (Å²) in [7, 11) is 1.67. The summed E-state index contributed by atoms with van der Waals surface area (Å²) in [5.74, 6) is -2.19. The van der Waals surface area contributed by atoms with Crippen molar-refractivity contribution in [1.82, 2.24) is 29.5 Å². The zero-order chi connectivity index (χ0) is 30.5. The van der Waals surface area contributed by atoms with Crippen molar-refractivity contribution >= 4 is 34.0 Å². The second kappa shape index (κ2) is 10.6. The van der Waals surface area contributed by atoms with Gasteiger partial charge in [-0.05, 0) is 24.3 Å². The zero-order valence-corrected chi connectivity index (χ0v) is 22.6. The quantitative estimate of drug-likeness (QED) is 0.203. The number of alkyl halides is 6. The number of allylic oxidation sites excluding steroid dienone is 2. The average molecular weight is 622 g/mol. The van der Waals surface area contributed by atoms with Crippen LogP contribution in [0.5, 0.6) is 11.5 Å². The van der Waals surface area contributed by atoms with Crippen molar-refractivity contribution in [3.8, 4) is 23.0 Å². The molecule has 2 unspecified atom stereocenters. The third kappa shape index (κ3) is 5.86. The maximum atomic E-state index is 13.9. The number of aromatic amines is 1. The average Bonchev–Trinajstić information content (AvgIpc) is 3.68. The first kappa shape index (κ1) is 28.5. The molecule has 6 rings (SSSR count). The largest absolute Gasteiger partial charge is 0.457 e. The third-order valence-electron chi connectivity index (χ3n) is 6.77. The van der Waals surface area contributed by atoms with E-state index >= 15 is 0 Å². The number of fused-ring (bicyclic) bond motifs is 1. The topological polar surface area (TPSA) is 93.9 Å². The Kier molecular flexibility index (Phi) is 7.02. The number of aryl methyl sites for hydroxylation is 1. The van der Waals surface area contributed by atoms with E-state index in [2.05, 4.69) is 29.9 Å². The Morgan fingerprint density at radius 3 is 2.51 bits per heavy atom. The Morgan fingerprint density at radius 2 is 1.81 bits per heavy atom. The van der Waals surface area contributed by atoms with Crippen LogP contribution in [-0.4, -0.2) is 41.4 Å². The zero-order valence-electron chi connectivity index (χ0n) is 21.8. The van der Waals surface area contributed by atoms with E-state index in [-0.39, 0.29) is 33.8 Å². The number of rotatable bonds is 5. The molecule has 0 bridgehead atoms. The van der Waals surface area contributed by atoms with Crippen LogP contribution in [0.4, 0.5) is 36.7 Å². The molecule has 222 valence electrons. The van der Waals surface area contributed by atoms with Crippen molar-refractivity contribution < 1.29 is 35.5 Å². The summed E-state index contributed by atoms with van der Waals surface area (Å²) >= 11 is 0.582. The molecule has 0 aliphatic heterocycles. The Bertz CT molecular complexity index is 1870. The number of halogens is 7. The lowest BCUT2D eigenvalue weighted by Crippen LogP contribution is -2.32. The maximum absolute atomic E-state index is 13.9. The van der Waals surface area contributed by atoms with E-state index in [1.807, 2.05) is 0 Å². The molecular weight excluding hydrogens is 603 g/mol. The number of hydrogen-bond donors (Lipinski definition) is 1. The van der Waals surface area contributed by atoms with Crippen molar-refractivity contribution in [1.29, 1.82) is 0 Å². The van der Waals surface area contributed by atoms with E-state index in [9.17, 15) is 30.7 Å². The molecule has 0 radical (unpaired) electrons. The van der Waals surface area contributed by atoms with Crippen molar-refractivity contribution in [3.05, 3.63) is 76.9 Å². The number of aliphatic imine (C=N–C) groups is 1. The molecule has 0 amide bonds. The fourth-order valence-electron chi connectivity index (χ4n) is 4.68. The molecule has 8 nitrogen and oxygen atoms in total. The number of ether oxygens (including phenoxy) is 1. The van der Waals surface area contributed by atoms with E-state index in [0.717, 1.165) is 6.20 Å². The molecule has 1 aliphatic carbocycles. The summed E-state index contributed by atoms with van der Waals surface area (Å²) in [6, 6.07) is 7.85. The van der Waals surface area contributed by atoms with Crippen LogP contribution >= 0.6 is 11.3 Å². The van der Waals surface area contributed by atoms with Gasteiger partial charge in [-0.1, -0.05) is 17.4 Å². The lowest BCUT2D eigenvalue weighted by atomic mass is 9.82. The molecule has 0 fully saturated rings. The summed E-state index contributed by atoms with van der Waals surface area (Å²) in [5.41, 5.74) is 0.352. The van der Waals surface area contributed by atoms with Crippen LogP contribution in [0.3, 0.4) is 0 Å². The van der Waals surface area contributed by atoms with Gasteiger partial charge in [0.1, 0.15) is 22.9 Å². The van der Waals surface area contributed by atoms with Gasteiger partial charge in [0.25, 0.3) is 5.26 Å². The molecule has 1 aliphatic rings. The highest BCUT2D eigenvalue weighted by Crippen LogP contribution is 2.45. The summed E-state index contributed by atoms with van der Waals surface area (Å²) < 4.78 is 102. The maximum Gasteiger partial charge on any atom is 0.432 e. The molecule has 0 saturated carbocycles. The molecule has 5 aromatic rings. The fourth-order valence-corrected chi connectivity index (χ4v) is 5.46. The standard InChI is InChI=1S/C27H18F7N7OS/c1-41-20-5-3-14(42-15-6-7-35-19(10-15)23-36-12-22(40-23)27(32,33)34)9-18(20)39-25(41)38-13-2-4-16(17(8-13)26(29,30)31)21-11-37-24(28)43-21/h2-7,9-12,16-17H,8H2,1H3,(H,36,40). The van der Waals surface area contributed by atoms with Gasteiger partial charge >= 0.3 is 12.4 Å². The van der Waals surface area contributed by atoms with Gasteiger partial charge in [-0.15, -0.1) is 0 Å². The summed E-state index contributed by atoms with van der Waals surface area (Å²) in [4.78, 5) is 22.4. The van der Waals surface area contributed by atoms with E-state index < -0.39 is 41.6 Å². The minimum Gasteiger partial charge on any atom is -0.457 e. The van der Waals surface area contributed by atoms with Crippen molar-refractivity contribution in [2.24, 2.45) is 18.0 Å². The summed E-state index contributed by atoms with van der Waals surface area (Å²) in [6.45, 7) is 0. The van der Waals surface area contributed by atoms with Crippen LogP contribution in [-0.2, 0) is 13.2 Å². The highest BCUT2D eigenvalue weighted by molar-refractivity contribution is 7.10. The number of pyridine rings is 1. The Morgan fingerprint density at radius 1 is 1.02 bits per heavy atom. The van der Waals surface area contributed by atoms with Crippen LogP contribution in [0.25, 0.3) is 22.6 Å². The van der Waals surface area contributed by atoms with Crippen molar-refractivity contribution in [2.75, 3.05) is 0 Å².